The normalized spacial score (nSPS) is 16.8. The minimum Gasteiger partial charge on any atom is -0.300 e. The van der Waals surface area contributed by atoms with Gasteiger partial charge in [0.2, 0.25) is 0 Å². The number of rotatable bonds is 4. The van der Waals surface area contributed by atoms with E-state index in [2.05, 4.69) is 0 Å². The van der Waals surface area contributed by atoms with Crippen LogP contribution in [0.3, 0.4) is 0 Å². The van der Waals surface area contributed by atoms with Gasteiger partial charge in [-0.15, -0.1) is 0 Å². The molecule has 0 fully saturated rings. The third-order valence-corrected chi connectivity index (χ3v) is 0.860. The van der Waals surface area contributed by atoms with E-state index in [1.165, 1.54) is 0 Å². The fourth-order valence-corrected chi connectivity index (χ4v) is 0.349. The van der Waals surface area contributed by atoms with E-state index < -0.39 is 25.4 Å². The fourth-order valence-electron chi connectivity index (χ4n) is 0.349. The summed E-state index contributed by atoms with van der Waals surface area (Å²) < 4.78 is 35.0. The van der Waals surface area contributed by atoms with E-state index in [-0.39, 0.29) is 6.29 Å². The third kappa shape index (κ3) is 3.11. The zero-order valence-electron chi connectivity index (χ0n) is 4.69. The maximum Gasteiger partial charge on any atom is 0.186 e. The van der Waals surface area contributed by atoms with E-state index in [0.29, 0.717) is 0 Å². The molecule has 4 heteroatoms. The first-order chi connectivity index (χ1) is 4.22. The lowest BCUT2D eigenvalue weighted by Crippen LogP contribution is -2.18. The van der Waals surface area contributed by atoms with E-state index in [4.69, 9.17) is 0 Å². The molecule has 0 saturated heterocycles. The number of alkyl halides is 3. The van der Waals surface area contributed by atoms with E-state index >= 15 is 0 Å². The van der Waals surface area contributed by atoms with Crippen LogP contribution in [0.15, 0.2) is 0 Å². The molecule has 0 aliphatic rings. The lowest BCUT2D eigenvalue weighted by molar-refractivity contribution is -0.114. The third-order valence-electron chi connectivity index (χ3n) is 0.860. The van der Waals surface area contributed by atoms with Gasteiger partial charge in [0.15, 0.2) is 12.5 Å². The van der Waals surface area contributed by atoms with Crippen molar-refractivity contribution in [2.45, 2.75) is 18.8 Å². The smallest absolute Gasteiger partial charge is 0.186 e. The predicted octanol–water partition coefficient (Wildman–Crippen LogP) is 1.22. The van der Waals surface area contributed by atoms with Gasteiger partial charge in [-0.05, 0) is 0 Å². The van der Waals surface area contributed by atoms with Crippen LogP contribution >= 0.6 is 0 Å². The molecule has 0 N–H and O–H groups in total. The average Bonchev–Trinajstić information content (AvgIpc) is 1.87. The number of hydrogen-bond donors (Lipinski definition) is 0. The molecule has 0 aromatic rings. The zero-order valence-corrected chi connectivity index (χ0v) is 4.69. The summed E-state index contributed by atoms with van der Waals surface area (Å²) in [4.78, 5) is 9.48. The molecule has 9 heavy (non-hydrogen) atoms. The van der Waals surface area contributed by atoms with Gasteiger partial charge in [0.05, 0.1) is 6.67 Å². The summed E-state index contributed by atoms with van der Waals surface area (Å²) in [5.41, 5.74) is 0. The van der Waals surface area contributed by atoms with Gasteiger partial charge in [-0.2, -0.15) is 0 Å². The first kappa shape index (κ1) is 8.46. The van der Waals surface area contributed by atoms with Crippen LogP contribution in [0, 0.1) is 0 Å². The highest BCUT2D eigenvalue weighted by atomic mass is 19.2. The number of carbonyl (C=O) groups excluding carboxylic acids is 1. The van der Waals surface area contributed by atoms with Gasteiger partial charge in [0.1, 0.15) is 6.17 Å². The molecule has 2 unspecified atom stereocenters. The van der Waals surface area contributed by atoms with Crippen LogP contribution in [-0.2, 0) is 4.79 Å². The summed E-state index contributed by atoms with van der Waals surface area (Å²) in [7, 11) is 0. The number of carbonyl (C=O) groups is 1. The monoisotopic (exact) mass is 140 g/mol. The standard InChI is InChI=1S/C5H7F3O/c6-2-1-4(7)5(8)3-9/h3-5H,1-2H2. The van der Waals surface area contributed by atoms with E-state index in [0.717, 1.165) is 0 Å². The van der Waals surface area contributed by atoms with Gasteiger partial charge >= 0.3 is 0 Å². The van der Waals surface area contributed by atoms with Gasteiger partial charge in [-0.25, -0.2) is 8.78 Å². The molecule has 2 atom stereocenters. The topological polar surface area (TPSA) is 17.1 Å². The second-order valence-electron chi connectivity index (χ2n) is 1.57. The van der Waals surface area contributed by atoms with Crippen molar-refractivity contribution in [2.75, 3.05) is 6.67 Å². The van der Waals surface area contributed by atoms with Crippen LogP contribution < -0.4 is 0 Å². The Morgan fingerprint density at radius 3 is 2.33 bits per heavy atom. The van der Waals surface area contributed by atoms with Crippen molar-refractivity contribution < 1.29 is 18.0 Å². The van der Waals surface area contributed by atoms with Gasteiger partial charge < -0.3 is 0 Å². The Hall–Kier alpha value is -0.540. The summed E-state index contributed by atoms with van der Waals surface area (Å²) in [6.07, 6.45) is -4.85. The van der Waals surface area contributed by atoms with Crippen molar-refractivity contribution in [1.29, 1.82) is 0 Å². The van der Waals surface area contributed by atoms with Crippen LogP contribution in [0.25, 0.3) is 0 Å². The fraction of sp³-hybridized carbons (Fsp3) is 0.800. The summed E-state index contributed by atoms with van der Waals surface area (Å²) in [6.45, 7) is -0.935. The molecule has 0 amide bonds. The van der Waals surface area contributed by atoms with Crippen LogP contribution in [-0.4, -0.2) is 25.3 Å². The Balaban J connectivity index is 3.44. The Labute approximate surface area is 50.9 Å². The quantitative estimate of drug-likeness (QED) is 0.536. The van der Waals surface area contributed by atoms with Crippen molar-refractivity contribution in [2.24, 2.45) is 0 Å². The molecule has 0 aromatic carbocycles. The highest BCUT2D eigenvalue weighted by Crippen LogP contribution is 2.05. The van der Waals surface area contributed by atoms with E-state index in [1.807, 2.05) is 0 Å². The Morgan fingerprint density at radius 2 is 2.00 bits per heavy atom. The van der Waals surface area contributed by atoms with Crippen LogP contribution in [0.1, 0.15) is 6.42 Å². The molecule has 1 nitrogen and oxygen atoms in total. The largest absolute Gasteiger partial charge is 0.300 e. The van der Waals surface area contributed by atoms with Crippen molar-refractivity contribution in [1.82, 2.24) is 0 Å². The first-order valence-electron chi connectivity index (χ1n) is 2.51. The highest BCUT2D eigenvalue weighted by molar-refractivity contribution is 5.56. The van der Waals surface area contributed by atoms with Crippen LogP contribution in [0.4, 0.5) is 13.2 Å². The zero-order chi connectivity index (χ0) is 7.28. The van der Waals surface area contributed by atoms with Crippen molar-refractivity contribution in [3.05, 3.63) is 0 Å². The number of aldehydes is 1. The summed E-state index contributed by atoms with van der Waals surface area (Å²) in [5.74, 6) is 0. The van der Waals surface area contributed by atoms with Crippen molar-refractivity contribution >= 4 is 6.29 Å². The predicted molar refractivity (Wildman–Crippen MR) is 26.4 cm³/mol. The molecule has 0 bridgehead atoms. The number of hydrogen-bond acceptors (Lipinski definition) is 1. The minimum atomic E-state index is -2.17. The van der Waals surface area contributed by atoms with Crippen molar-refractivity contribution in [3.63, 3.8) is 0 Å². The maximum atomic E-state index is 12.0. The highest BCUT2D eigenvalue weighted by Gasteiger charge is 2.18. The van der Waals surface area contributed by atoms with Gasteiger partial charge in [-0.1, -0.05) is 0 Å². The summed E-state index contributed by atoms with van der Waals surface area (Å²) in [5, 5.41) is 0. The SMILES string of the molecule is O=CC(F)C(F)CCF. The van der Waals surface area contributed by atoms with Crippen LogP contribution in [0.5, 0.6) is 0 Å². The first-order valence-corrected chi connectivity index (χ1v) is 2.51. The summed E-state index contributed by atoms with van der Waals surface area (Å²) in [6, 6.07) is 0. The maximum absolute atomic E-state index is 12.0. The average molecular weight is 140 g/mol. The Kier molecular flexibility index (Phi) is 4.09. The minimum absolute atomic E-state index is 0.166. The summed E-state index contributed by atoms with van der Waals surface area (Å²) >= 11 is 0. The Bertz CT molecular complexity index is 86.3. The second kappa shape index (κ2) is 4.35. The molecule has 0 heterocycles. The second-order valence-corrected chi connectivity index (χ2v) is 1.57. The molecular weight excluding hydrogens is 133 g/mol. The van der Waals surface area contributed by atoms with Gasteiger partial charge in [-0.3, -0.25) is 9.18 Å². The molecule has 0 aliphatic heterocycles. The van der Waals surface area contributed by atoms with E-state index in [9.17, 15) is 18.0 Å². The molecular formula is C5H7F3O. The molecule has 0 aliphatic carbocycles. The molecule has 0 radical (unpaired) electrons. The number of halogens is 3. The van der Waals surface area contributed by atoms with E-state index in [1.54, 1.807) is 0 Å². The lowest BCUT2D eigenvalue weighted by atomic mass is 10.2. The van der Waals surface area contributed by atoms with Gasteiger partial charge in [0.25, 0.3) is 0 Å². The lowest BCUT2D eigenvalue weighted by Gasteiger charge is -2.03. The molecule has 0 spiro atoms. The molecule has 54 valence electrons. The van der Waals surface area contributed by atoms with Crippen molar-refractivity contribution in [3.8, 4) is 0 Å². The molecule has 0 rings (SSSR count). The van der Waals surface area contributed by atoms with Crippen LogP contribution in [0.2, 0.25) is 0 Å². The Morgan fingerprint density at radius 1 is 1.44 bits per heavy atom. The molecule has 0 aromatic heterocycles. The van der Waals surface area contributed by atoms with Gasteiger partial charge in [0, 0.05) is 6.42 Å². The molecule has 0 saturated carbocycles.